The van der Waals surface area contributed by atoms with E-state index in [4.69, 9.17) is 11.6 Å². The molecule has 1 nitrogen and oxygen atoms in total. The highest BCUT2D eigenvalue weighted by Crippen LogP contribution is 2.38. The Morgan fingerprint density at radius 3 is 2.33 bits per heavy atom. The van der Waals surface area contributed by atoms with E-state index in [9.17, 15) is 18.0 Å². The Bertz CT molecular complexity index is 264. The maximum atomic E-state index is 12.1. The van der Waals surface area contributed by atoms with Crippen molar-refractivity contribution >= 4 is 17.9 Å². The molecule has 0 saturated heterocycles. The monoisotopic (exact) mass is 196 g/mol. The molecular formula is C7H4ClF3O. The van der Waals surface area contributed by atoms with Gasteiger partial charge in [0.25, 0.3) is 0 Å². The van der Waals surface area contributed by atoms with Crippen molar-refractivity contribution in [2.45, 2.75) is 6.18 Å². The van der Waals surface area contributed by atoms with Gasteiger partial charge in [-0.25, -0.2) is 0 Å². The Balaban J connectivity index is 2.92. The van der Waals surface area contributed by atoms with E-state index in [1.165, 1.54) is 0 Å². The molecule has 1 atom stereocenters. The number of allylic oxidation sites excluding steroid dienone is 4. The lowest BCUT2D eigenvalue weighted by atomic mass is 10.0. The average molecular weight is 197 g/mol. The zero-order valence-corrected chi connectivity index (χ0v) is 6.49. The first-order valence-corrected chi connectivity index (χ1v) is 3.44. The molecule has 0 fully saturated rings. The summed E-state index contributed by atoms with van der Waals surface area (Å²) in [4.78, 5) is 10.2. The maximum Gasteiger partial charge on any atom is 0.413 e. The van der Waals surface area contributed by atoms with Crippen molar-refractivity contribution in [1.29, 1.82) is 0 Å². The van der Waals surface area contributed by atoms with Crippen LogP contribution in [0.2, 0.25) is 0 Å². The lowest BCUT2D eigenvalue weighted by Crippen LogP contribution is -2.19. The Labute approximate surface area is 71.5 Å². The van der Waals surface area contributed by atoms with Gasteiger partial charge >= 0.3 is 6.18 Å². The molecule has 0 saturated carbocycles. The van der Waals surface area contributed by atoms with Crippen LogP contribution < -0.4 is 0 Å². The van der Waals surface area contributed by atoms with Crippen LogP contribution in [0.4, 0.5) is 13.2 Å². The van der Waals surface area contributed by atoms with Crippen molar-refractivity contribution in [1.82, 2.24) is 0 Å². The third-order valence-corrected chi connectivity index (χ3v) is 1.88. The molecule has 0 N–H and O–H groups in total. The van der Waals surface area contributed by atoms with E-state index in [1.807, 2.05) is 0 Å². The minimum atomic E-state index is -4.47. The summed E-state index contributed by atoms with van der Waals surface area (Å²) < 4.78 is 36.2. The molecule has 0 spiro atoms. The van der Waals surface area contributed by atoms with Gasteiger partial charge in [-0.05, 0) is 6.08 Å². The summed E-state index contributed by atoms with van der Waals surface area (Å²) in [6.07, 6.45) is -2.38. The summed E-state index contributed by atoms with van der Waals surface area (Å²) in [6, 6.07) is 0. The lowest BCUT2D eigenvalue weighted by Gasteiger charge is -2.12. The molecular weight excluding hydrogens is 193 g/mol. The predicted octanol–water partition coefficient (Wildman–Crippen LogP) is 2.43. The second-order valence-electron chi connectivity index (χ2n) is 2.29. The van der Waals surface area contributed by atoms with Crippen LogP contribution in [0.25, 0.3) is 0 Å². The van der Waals surface area contributed by atoms with Gasteiger partial charge in [0, 0.05) is 10.6 Å². The van der Waals surface area contributed by atoms with Crippen molar-refractivity contribution in [3.8, 4) is 0 Å². The number of aldehydes is 1. The van der Waals surface area contributed by atoms with Gasteiger partial charge in [-0.1, -0.05) is 17.7 Å². The van der Waals surface area contributed by atoms with Crippen LogP contribution >= 0.6 is 11.6 Å². The Morgan fingerprint density at radius 1 is 1.42 bits per heavy atom. The largest absolute Gasteiger partial charge is 0.413 e. The van der Waals surface area contributed by atoms with Crippen molar-refractivity contribution in [3.63, 3.8) is 0 Å². The van der Waals surface area contributed by atoms with E-state index in [0.717, 1.165) is 12.2 Å². The highest BCUT2D eigenvalue weighted by atomic mass is 35.5. The number of carbonyl (C=O) groups excluding carboxylic acids is 1. The molecule has 5 heteroatoms. The zero-order chi connectivity index (χ0) is 9.35. The first kappa shape index (κ1) is 9.32. The first-order chi connectivity index (χ1) is 5.46. The van der Waals surface area contributed by atoms with Crippen molar-refractivity contribution < 1.29 is 18.0 Å². The summed E-state index contributed by atoms with van der Waals surface area (Å²) in [6.45, 7) is 0. The summed E-state index contributed by atoms with van der Waals surface area (Å²) in [5.41, 5.74) is -0.900. The molecule has 1 aliphatic carbocycles. The van der Waals surface area contributed by atoms with E-state index in [1.54, 1.807) is 0 Å². The topological polar surface area (TPSA) is 17.1 Å². The molecule has 0 aromatic carbocycles. The van der Waals surface area contributed by atoms with Gasteiger partial charge < -0.3 is 4.79 Å². The highest BCUT2D eigenvalue weighted by Gasteiger charge is 2.41. The summed E-state index contributed by atoms with van der Waals surface area (Å²) in [5.74, 6) is -1.33. The van der Waals surface area contributed by atoms with E-state index in [2.05, 4.69) is 0 Å². The summed E-state index contributed by atoms with van der Waals surface area (Å²) in [7, 11) is 0. The van der Waals surface area contributed by atoms with E-state index >= 15 is 0 Å². The molecule has 0 heterocycles. The maximum absolute atomic E-state index is 12.1. The number of halogens is 4. The number of hydrogen-bond donors (Lipinski definition) is 0. The summed E-state index contributed by atoms with van der Waals surface area (Å²) in [5, 5.41) is -0.0858. The standard InChI is InChI=1S/C7H4ClF3O/c8-6-2-1-5(4(6)3-12)7(9,10)11/h1-4H. The van der Waals surface area contributed by atoms with E-state index in [-0.39, 0.29) is 11.3 Å². The minimum Gasteiger partial charge on any atom is -0.302 e. The smallest absolute Gasteiger partial charge is 0.302 e. The van der Waals surface area contributed by atoms with Gasteiger partial charge in [0.05, 0.1) is 5.92 Å². The zero-order valence-electron chi connectivity index (χ0n) is 5.73. The Kier molecular flexibility index (Phi) is 2.28. The van der Waals surface area contributed by atoms with Crippen LogP contribution in [0.5, 0.6) is 0 Å². The highest BCUT2D eigenvalue weighted by molar-refractivity contribution is 6.31. The molecule has 1 aliphatic rings. The molecule has 0 aliphatic heterocycles. The van der Waals surface area contributed by atoms with Crippen LogP contribution in [0.1, 0.15) is 0 Å². The van der Waals surface area contributed by atoms with Crippen molar-refractivity contribution in [2.75, 3.05) is 0 Å². The quantitative estimate of drug-likeness (QED) is 0.589. The molecule has 0 aromatic rings. The average Bonchev–Trinajstić information content (AvgIpc) is 2.29. The first-order valence-electron chi connectivity index (χ1n) is 3.06. The second-order valence-corrected chi connectivity index (χ2v) is 2.72. The normalized spacial score (nSPS) is 23.5. The molecule has 0 radical (unpaired) electrons. The van der Waals surface area contributed by atoms with Gasteiger partial charge in [-0.15, -0.1) is 0 Å². The van der Waals surface area contributed by atoms with E-state index < -0.39 is 17.7 Å². The van der Waals surface area contributed by atoms with E-state index in [0.29, 0.717) is 0 Å². The number of alkyl halides is 3. The van der Waals surface area contributed by atoms with Gasteiger partial charge in [0.2, 0.25) is 0 Å². The molecule has 1 rings (SSSR count). The SMILES string of the molecule is O=CC1C(Cl)=CC=C1C(F)(F)F. The molecule has 12 heavy (non-hydrogen) atoms. The minimum absolute atomic E-state index is 0.0858. The fraction of sp³-hybridized carbons (Fsp3) is 0.286. The Hall–Kier alpha value is -0.770. The van der Waals surface area contributed by atoms with Gasteiger partial charge in [0.15, 0.2) is 0 Å². The van der Waals surface area contributed by atoms with Crippen LogP contribution in [-0.2, 0) is 4.79 Å². The third kappa shape index (κ3) is 1.53. The fourth-order valence-corrected chi connectivity index (χ4v) is 1.17. The predicted molar refractivity (Wildman–Crippen MR) is 37.6 cm³/mol. The molecule has 1 unspecified atom stereocenters. The molecule has 66 valence electrons. The van der Waals surface area contributed by atoms with Crippen LogP contribution in [0.15, 0.2) is 22.8 Å². The van der Waals surface area contributed by atoms with Crippen molar-refractivity contribution in [2.24, 2.45) is 5.92 Å². The second kappa shape index (κ2) is 2.94. The molecule has 0 amide bonds. The van der Waals surface area contributed by atoms with Gasteiger partial charge in [-0.2, -0.15) is 13.2 Å². The number of hydrogen-bond acceptors (Lipinski definition) is 1. The fourth-order valence-electron chi connectivity index (χ4n) is 0.934. The molecule has 0 bridgehead atoms. The number of rotatable bonds is 1. The van der Waals surface area contributed by atoms with Gasteiger partial charge in [-0.3, -0.25) is 0 Å². The van der Waals surface area contributed by atoms with Crippen LogP contribution in [0, 0.1) is 5.92 Å². The third-order valence-electron chi connectivity index (χ3n) is 1.52. The lowest BCUT2D eigenvalue weighted by molar-refractivity contribution is -0.116. The van der Waals surface area contributed by atoms with Crippen LogP contribution in [-0.4, -0.2) is 12.5 Å². The van der Waals surface area contributed by atoms with Gasteiger partial charge in [0.1, 0.15) is 6.29 Å². The summed E-state index contributed by atoms with van der Waals surface area (Å²) >= 11 is 5.36. The number of carbonyl (C=O) groups is 1. The van der Waals surface area contributed by atoms with Crippen LogP contribution in [0.3, 0.4) is 0 Å². The van der Waals surface area contributed by atoms with Crippen molar-refractivity contribution in [3.05, 3.63) is 22.8 Å². The molecule has 0 aromatic heterocycles. The Morgan fingerprint density at radius 2 is 2.00 bits per heavy atom.